The number of hydrogen-bond donors (Lipinski definition) is 2. The first-order valence-corrected chi connectivity index (χ1v) is 6.96. The number of anilines is 1. The summed E-state index contributed by atoms with van der Waals surface area (Å²) < 4.78 is 5.01. The number of amides is 1. The fourth-order valence-corrected chi connectivity index (χ4v) is 1.86. The Kier molecular flexibility index (Phi) is 5.15. The van der Waals surface area contributed by atoms with E-state index in [1.807, 2.05) is 6.92 Å². The van der Waals surface area contributed by atoms with E-state index in [1.54, 1.807) is 48.5 Å². The number of carbonyl (C=O) groups is 2. The molecule has 2 rings (SSSR count). The minimum atomic E-state index is -0.834. The van der Waals surface area contributed by atoms with E-state index in [-0.39, 0.29) is 5.76 Å². The van der Waals surface area contributed by atoms with Crippen LogP contribution in [0.1, 0.15) is 11.1 Å². The van der Waals surface area contributed by atoms with E-state index >= 15 is 0 Å². The molecule has 0 aliphatic carbocycles. The average molecular weight is 311 g/mol. The number of methoxy groups -OCH3 is 1. The number of benzene rings is 2. The highest BCUT2D eigenvalue weighted by Gasteiger charge is 2.13. The van der Waals surface area contributed by atoms with Crippen molar-refractivity contribution in [2.24, 2.45) is 0 Å². The Balaban J connectivity index is 2.05. The number of hydrogen-bond acceptors (Lipinski definition) is 4. The molecule has 2 N–H and O–H groups in total. The van der Waals surface area contributed by atoms with Gasteiger partial charge < -0.3 is 15.2 Å². The smallest absolute Gasteiger partial charge is 0.296 e. The summed E-state index contributed by atoms with van der Waals surface area (Å²) in [4.78, 5) is 23.7. The number of carbonyl (C=O) groups excluding carboxylic acids is 2. The van der Waals surface area contributed by atoms with Crippen LogP contribution < -0.4 is 10.1 Å². The molecule has 2 aromatic rings. The molecule has 0 fully saturated rings. The first kappa shape index (κ1) is 16.3. The minimum absolute atomic E-state index is 0.250. The van der Waals surface area contributed by atoms with Crippen LogP contribution in [0.5, 0.6) is 5.75 Å². The third kappa shape index (κ3) is 4.44. The Morgan fingerprint density at radius 3 is 2.22 bits per heavy atom. The van der Waals surface area contributed by atoms with Gasteiger partial charge in [-0.15, -0.1) is 0 Å². The van der Waals surface area contributed by atoms with Crippen LogP contribution in [0.2, 0.25) is 0 Å². The Labute approximate surface area is 134 Å². The molecule has 0 heterocycles. The van der Waals surface area contributed by atoms with Gasteiger partial charge in [0.2, 0.25) is 5.78 Å². The monoisotopic (exact) mass is 311 g/mol. The number of aryl methyl sites for hydroxylation is 1. The fourth-order valence-electron chi connectivity index (χ4n) is 1.86. The summed E-state index contributed by atoms with van der Waals surface area (Å²) in [6.07, 6.45) is 0.906. The number of rotatable bonds is 5. The zero-order chi connectivity index (χ0) is 16.8. The summed E-state index contributed by atoms with van der Waals surface area (Å²) in [6, 6.07) is 13.5. The van der Waals surface area contributed by atoms with Gasteiger partial charge in [-0.05, 0) is 31.2 Å². The van der Waals surface area contributed by atoms with Gasteiger partial charge in [-0.2, -0.15) is 0 Å². The van der Waals surface area contributed by atoms with Crippen molar-refractivity contribution in [3.63, 3.8) is 0 Å². The molecule has 0 unspecified atom stereocenters. The van der Waals surface area contributed by atoms with Gasteiger partial charge in [0.05, 0.1) is 7.11 Å². The largest absolute Gasteiger partial charge is 0.507 e. The van der Waals surface area contributed by atoms with Crippen LogP contribution in [-0.4, -0.2) is 23.9 Å². The van der Waals surface area contributed by atoms with E-state index in [0.29, 0.717) is 17.0 Å². The molecule has 0 spiro atoms. The maximum atomic E-state index is 11.8. The van der Waals surface area contributed by atoms with Crippen LogP contribution in [0.15, 0.2) is 54.6 Å². The van der Waals surface area contributed by atoms with Crippen molar-refractivity contribution < 1.29 is 19.4 Å². The minimum Gasteiger partial charge on any atom is -0.507 e. The summed E-state index contributed by atoms with van der Waals surface area (Å²) in [5.41, 5.74) is 1.97. The van der Waals surface area contributed by atoms with Crippen molar-refractivity contribution in [2.75, 3.05) is 12.4 Å². The molecule has 0 aliphatic heterocycles. The van der Waals surface area contributed by atoms with E-state index in [0.717, 1.165) is 11.6 Å². The number of ketones is 1. The Morgan fingerprint density at radius 2 is 1.65 bits per heavy atom. The van der Waals surface area contributed by atoms with Crippen LogP contribution in [0.25, 0.3) is 5.76 Å². The van der Waals surface area contributed by atoms with E-state index in [4.69, 9.17) is 4.74 Å². The molecule has 0 aromatic heterocycles. The molecule has 23 heavy (non-hydrogen) atoms. The molecule has 0 bridgehead atoms. The second kappa shape index (κ2) is 7.26. The van der Waals surface area contributed by atoms with Crippen LogP contribution in [0, 0.1) is 6.92 Å². The number of ether oxygens (including phenoxy) is 1. The molecule has 2 aromatic carbocycles. The molecule has 0 saturated heterocycles. The second-order valence-corrected chi connectivity index (χ2v) is 4.94. The van der Waals surface area contributed by atoms with Gasteiger partial charge in [0, 0.05) is 17.3 Å². The molecule has 118 valence electrons. The van der Waals surface area contributed by atoms with Crippen LogP contribution in [0.4, 0.5) is 5.69 Å². The predicted octanol–water partition coefficient (Wildman–Crippen LogP) is 3.11. The summed E-state index contributed by atoms with van der Waals surface area (Å²) in [5, 5.41) is 12.4. The molecule has 5 nitrogen and oxygen atoms in total. The molecular weight excluding hydrogens is 294 g/mol. The number of nitrogens with one attached hydrogen (secondary N) is 1. The lowest BCUT2D eigenvalue weighted by molar-refractivity contribution is -0.131. The maximum absolute atomic E-state index is 11.8. The number of aliphatic hydroxyl groups is 1. The topological polar surface area (TPSA) is 75.6 Å². The molecule has 0 atom stereocenters. The summed E-state index contributed by atoms with van der Waals surface area (Å²) in [5.74, 6) is -1.26. The molecule has 1 amide bonds. The maximum Gasteiger partial charge on any atom is 0.296 e. The Bertz CT molecular complexity index is 731. The lowest BCUT2D eigenvalue weighted by Crippen LogP contribution is -2.21. The highest BCUT2D eigenvalue weighted by atomic mass is 16.5. The van der Waals surface area contributed by atoms with Crippen molar-refractivity contribution >= 4 is 23.1 Å². The number of aliphatic hydroxyl groups excluding tert-OH is 1. The highest BCUT2D eigenvalue weighted by molar-refractivity contribution is 6.45. The van der Waals surface area contributed by atoms with Gasteiger partial charge in [-0.3, -0.25) is 9.59 Å². The van der Waals surface area contributed by atoms with E-state index in [2.05, 4.69) is 5.32 Å². The van der Waals surface area contributed by atoms with Crippen molar-refractivity contribution in [1.29, 1.82) is 0 Å². The van der Waals surface area contributed by atoms with Gasteiger partial charge >= 0.3 is 0 Å². The zero-order valence-corrected chi connectivity index (χ0v) is 12.9. The van der Waals surface area contributed by atoms with E-state index in [9.17, 15) is 14.7 Å². The second-order valence-electron chi connectivity index (χ2n) is 4.94. The van der Waals surface area contributed by atoms with Gasteiger partial charge in [-0.1, -0.05) is 29.8 Å². The molecule has 0 radical (unpaired) electrons. The van der Waals surface area contributed by atoms with Crippen LogP contribution >= 0.6 is 0 Å². The van der Waals surface area contributed by atoms with Gasteiger partial charge in [0.1, 0.15) is 11.5 Å². The van der Waals surface area contributed by atoms with E-state index in [1.165, 1.54) is 7.11 Å². The quantitative estimate of drug-likeness (QED) is 0.505. The Hall–Kier alpha value is -3.08. The fraction of sp³-hybridized carbons (Fsp3) is 0.111. The van der Waals surface area contributed by atoms with Crippen molar-refractivity contribution in [1.82, 2.24) is 0 Å². The summed E-state index contributed by atoms with van der Waals surface area (Å²) in [7, 11) is 1.54. The normalized spacial score (nSPS) is 11.0. The molecule has 0 saturated carbocycles. The van der Waals surface area contributed by atoms with Gasteiger partial charge in [0.25, 0.3) is 5.91 Å². The summed E-state index contributed by atoms with van der Waals surface area (Å²) in [6.45, 7) is 1.91. The van der Waals surface area contributed by atoms with Gasteiger partial charge in [-0.25, -0.2) is 0 Å². The van der Waals surface area contributed by atoms with Crippen molar-refractivity contribution in [3.8, 4) is 5.75 Å². The summed E-state index contributed by atoms with van der Waals surface area (Å²) >= 11 is 0. The molecule has 0 aliphatic rings. The van der Waals surface area contributed by atoms with Gasteiger partial charge in [0.15, 0.2) is 0 Å². The predicted molar refractivity (Wildman–Crippen MR) is 88.4 cm³/mol. The first-order valence-electron chi connectivity index (χ1n) is 6.96. The highest BCUT2D eigenvalue weighted by Crippen LogP contribution is 2.15. The molecule has 5 heteroatoms. The van der Waals surface area contributed by atoms with Crippen molar-refractivity contribution in [2.45, 2.75) is 6.92 Å². The van der Waals surface area contributed by atoms with Crippen molar-refractivity contribution in [3.05, 3.63) is 65.7 Å². The average Bonchev–Trinajstić information content (AvgIpc) is 2.56. The lowest BCUT2D eigenvalue weighted by Gasteiger charge is -2.05. The zero-order valence-electron chi connectivity index (χ0n) is 12.9. The standard InChI is InChI=1S/C18H17NO4/c1-12-3-5-13(6-4-12)16(20)11-17(21)18(22)19-14-7-9-15(23-2)10-8-14/h3-11,20H,1-2H3,(H,19,22). The first-order chi connectivity index (χ1) is 11.0. The Morgan fingerprint density at radius 1 is 1.04 bits per heavy atom. The van der Waals surface area contributed by atoms with Crippen LogP contribution in [-0.2, 0) is 9.59 Å². The third-order valence-electron chi connectivity index (χ3n) is 3.19. The lowest BCUT2D eigenvalue weighted by atomic mass is 10.1. The third-order valence-corrected chi connectivity index (χ3v) is 3.19. The van der Waals surface area contributed by atoms with Crippen LogP contribution in [0.3, 0.4) is 0 Å². The molecular formula is C18H17NO4. The van der Waals surface area contributed by atoms with E-state index < -0.39 is 11.7 Å². The SMILES string of the molecule is COc1ccc(NC(=O)C(=O)C=C(O)c2ccc(C)cc2)cc1.